The van der Waals surface area contributed by atoms with Crippen molar-refractivity contribution >= 4 is 27.5 Å². The maximum atomic E-state index is 13.9. The van der Waals surface area contributed by atoms with Crippen molar-refractivity contribution in [2.75, 3.05) is 6.61 Å². The van der Waals surface area contributed by atoms with Crippen molar-refractivity contribution in [1.29, 1.82) is 0 Å². The van der Waals surface area contributed by atoms with Gasteiger partial charge < -0.3 is 9.84 Å². The van der Waals surface area contributed by atoms with Crippen LogP contribution in [0.1, 0.15) is 24.2 Å². The van der Waals surface area contributed by atoms with Crippen molar-refractivity contribution in [1.82, 2.24) is 0 Å². The van der Waals surface area contributed by atoms with Crippen LogP contribution in [-0.4, -0.2) is 11.7 Å². The summed E-state index contributed by atoms with van der Waals surface area (Å²) in [5.74, 6) is -0.0232. The minimum absolute atomic E-state index is 0.161. The molecule has 0 radical (unpaired) electrons. The number of ether oxygens (including phenoxy) is 1. The molecule has 2 nitrogen and oxygen atoms in total. The van der Waals surface area contributed by atoms with Crippen LogP contribution in [0.25, 0.3) is 0 Å². The summed E-state index contributed by atoms with van der Waals surface area (Å²) in [4.78, 5) is 0. The zero-order chi connectivity index (χ0) is 14.7. The van der Waals surface area contributed by atoms with Crippen LogP contribution in [0.2, 0.25) is 5.02 Å². The average Bonchev–Trinajstić information content (AvgIpc) is 2.40. The number of rotatable bonds is 4. The highest BCUT2D eigenvalue weighted by molar-refractivity contribution is 9.10. The number of halogens is 3. The molecular formula is C15H13BrClFO2. The van der Waals surface area contributed by atoms with Crippen molar-refractivity contribution in [3.8, 4) is 5.75 Å². The van der Waals surface area contributed by atoms with Gasteiger partial charge in [-0.3, -0.25) is 0 Å². The van der Waals surface area contributed by atoms with Crippen molar-refractivity contribution in [2.24, 2.45) is 0 Å². The van der Waals surface area contributed by atoms with Gasteiger partial charge in [0.25, 0.3) is 0 Å². The molecule has 0 saturated heterocycles. The Labute approximate surface area is 130 Å². The molecule has 106 valence electrons. The molecule has 0 amide bonds. The van der Waals surface area contributed by atoms with E-state index in [1.807, 2.05) is 6.92 Å². The van der Waals surface area contributed by atoms with E-state index in [-0.39, 0.29) is 10.6 Å². The summed E-state index contributed by atoms with van der Waals surface area (Å²) < 4.78 is 20.2. The third kappa shape index (κ3) is 3.32. The van der Waals surface area contributed by atoms with Gasteiger partial charge in [0, 0.05) is 20.6 Å². The van der Waals surface area contributed by atoms with Gasteiger partial charge in [0.2, 0.25) is 0 Å². The minimum Gasteiger partial charge on any atom is -0.493 e. The Balaban J connectivity index is 2.46. The predicted molar refractivity (Wildman–Crippen MR) is 80.8 cm³/mol. The maximum Gasteiger partial charge on any atom is 0.130 e. The Morgan fingerprint density at radius 2 is 2.00 bits per heavy atom. The number of hydrogen-bond donors (Lipinski definition) is 1. The fourth-order valence-corrected chi connectivity index (χ4v) is 2.45. The zero-order valence-electron chi connectivity index (χ0n) is 10.7. The van der Waals surface area contributed by atoms with Crippen LogP contribution in [0.15, 0.2) is 40.9 Å². The molecule has 1 N–H and O–H groups in total. The summed E-state index contributed by atoms with van der Waals surface area (Å²) in [6.07, 6.45) is -1.12. The highest BCUT2D eigenvalue weighted by Gasteiger charge is 2.19. The number of benzene rings is 2. The van der Waals surface area contributed by atoms with Crippen LogP contribution in [0.4, 0.5) is 4.39 Å². The molecule has 20 heavy (non-hydrogen) atoms. The second-order valence-corrected chi connectivity index (χ2v) is 5.54. The maximum absolute atomic E-state index is 13.9. The first-order valence-electron chi connectivity index (χ1n) is 6.08. The summed E-state index contributed by atoms with van der Waals surface area (Å²) in [5, 5.41) is 10.7. The topological polar surface area (TPSA) is 29.5 Å². The van der Waals surface area contributed by atoms with Gasteiger partial charge in [-0.25, -0.2) is 4.39 Å². The smallest absolute Gasteiger partial charge is 0.130 e. The second kappa shape index (κ2) is 6.57. The van der Waals surface area contributed by atoms with E-state index in [1.54, 1.807) is 24.3 Å². The summed E-state index contributed by atoms with van der Waals surface area (Å²) in [6.45, 7) is 2.31. The Morgan fingerprint density at radius 3 is 2.65 bits per heavy atom. The minimum atomic E-state index is -1.12. The molecule has 1 atom stereocenters. The van der Waals surface area contributed by atoms with Gasteiger partial charge in [-0.2, -0.15) is 0 Å². The first-order valence-corrected chi connectivity index (χ1v) is 7.25. The van der Waals surface area contributed by atoms with E-state index in [4.69, 9.17) is 16.3 Å². The Bertz CT molecular complexity index is 619. The molecule has 1 unspecified atom stereocenters. The summed E-state index contributed by atoms with van der Waals surface area (Å²) in [5.41, 5.74) is 0.663. The van der Waals surface area contributed by atoms with Crippen molar-refractivity contribution in [2.45, 2.75) is 13.0 Å². The molecule has 2 aromatic carbocycles. The van der Waals surface area contributed by atoms with Gasteiger partial charge in [0.05, 0.1) is 6.61 Å². The van der Waals surface area contributed by atoms with Crippen LogP contribution >= 0.6 is 27.5 Å². The van der Waals surface area contributed by atoms with Gasteiger partial charge in [-0.1, -0.05) is 33.6 Å². The quantitative estimate of drug-likeness (QED) is 0.856. The molecule has 0 aliphatic rings. The fraction of sp³-hybridized carbons (Fsp3) is 0.200. The fourth-order valence-electron chi connectivity index (χ4n) is 1.91. The van der Waals surface area contributed by atoms with E-state index >= 15 is 0 Å². The molecule has 0 fully saturated rings. The van der Waals surface area contributed by atoms with E-state index in [0.717, 1.165) is 4.47 Å². The molecule has 0 bridgehead atoms. The molecule has 0 aromatic heterocycles. The van der Waals surface area contributed by atoms with E-state index in [1.165, 1.54) is 12.1 Å². The monoisotopic (exact) mass is 358 g/mol. The van der Waals surface area contributed by atoms with Gasteiger partial charge in [0.15, 0.2) is 0 Å². The lowest BCUT2D eigenvalue weighted by Crippen LogP contribution is -2.06. The van der Waals surface area contributed by atoms with Gasteiger partial charge in [-0.15, -0.1) is 0 Å². The third-order valence-electron chi connectivity index (χ3n) is 2.82. The second-order valence-electron chi connectivity index (χ2n) is 4.18. The van der Waals surface area contributed by atoms with Crippen LogP contribution in [-0.2, 0) is 0 Å². The standard InChI is InChI=1S/C15H13BrClFO2/c1-2-20-14-6-3-9(16)7-12(14)15(19)11-5-4-10(17)8-13(11)18/h3-8,15,19H,2H2,1H3. The average molecular weight is 360 g/mol. The van der Waals surface area contributed by atoms with Gasteiger partial charge in [0.1, 0.15) is 17.7 Å². The SMILES string of the molecule is CCOc1ccc(Br)cc1C(O)c1ccc(Cl)cc1F. The molecule has 0 aliphatic carbocycles. The van der Waals surface area contributed by atoms with Crippen LogP contribution < -0.4 is 4.74 Å². The molecule has 0 aliphatic heterocycles. The van der Waals surface area contributed by atoms with E-state index in [2.05, 4.69) is 15.9 Å². The molecular weight excluding hydrogens is 347 g/mol. The molecule has 2 aromatic rings. The van der Waals surface area contributed by atoms with Crippen LogP contribution in [0.5, 0.6) is 5.75 Å². The number of hydrogen-bond acceptors (Lipinski definition) is 2. The molecule has 0 saturated carbocycles. The normalized spacial score (nSPS) is 12.2. The van der Waals surface area contributed by atoms with Gasteiger partial charge in [-0.05, 0) is 37.3 Å². The molecule has 5 heteroatoms. The highest BCUT2D eigenvalue weighted by atomic mass is 79.9. The van der Waals surface area contributed by atoms with Crippen LogP contribution in [0, 0.1) is 5.82 Å². The summed E-state index contributed by atoms with van der Waals surface area (Å²) >= 11 is 9.06. The Hall–Kier alpha value is -1.10. The predicted octanol–water partition coefficient (Wildman–Crippen LogP) is 4.72. The van der Waals surface area contributed by atoms with E-state index < -0.39 is 11.9 Å². The van der Waals surface area contributed by atoms with Gasteiger partial charge >= 0.3 is 0 Å². The highest BCUT2D eigenvalue weighted by Crippen LogP contribution is 2.34. The van der Waals surface area contributed by atoms with Crippen molar-refractivity contribution in [3.05, 3.63) is 62.8 Å². The molecule has 2 rings (SSSR count). The molecule has 0 spiro atoms. The zero-order valence-corrected chi connectivity index (χ0v) is 13.1. The lowest BCUT2D eigenvalue weighted by atomic mass is 10.0. The lowest BCUT2D eigenvalue weighted by molar-refractivity contribution is 0.207. The summed E-state index contributed by atoms with van der Waals surface area (Å²) in [7, 11) is 0. The first kappa shape index (κ1) is 15.3. The Kier molecular flexibility index (Phi) is 5.02. The molecule has 0 heterocycles. The van der Waals surface area contributed by atoms with Crippen molar-refractivity contribution < 1.29 is 14.2 Å². The van der Waals surface area contributed by atoms with E-state index in [0.29, 0.717) is 17.9 Å². The lowest BCUT2D eigenvalue weighted by Gasteiger charge is -2.17. The van der Waals surface area contributed by atoms with Crippen LogP contribution in [0.3, 0.4) is 0 Å². The largest absolute Gasteiger partial charge is 0.493 e. The first-order chi connectivity index (χ1) is 9.52. The Morgan fingerprint density at radius 1 is 1.25 bits per heavy atom. The number of aliphatic hydroxyl groups excluding tert-OH is 1. The summed E-state index contributed by atoms with van der Waals surface area (Å²) in [6, 6.07) is 9.45. The van der Waals surface area contributed by atoms with Crippen molar-refractivity contribution in [3.63, 3.8) is 0 Å². The number of aliphatic hydroxyl groups is 1. The third-order valence-corrected chi connectivity index (χ3v) is 3.55. The van der Waals surface area contributed by atoms with E-state index in [9.17, 15) is 9.50 Å².